The summed E-state index contributed by atoms with van der Waals surface area (Å²) in [5, 5.41) is 0.331. The van der Waals surface area contributed by atoms with Crippen molar-refractivity contribution in [1.82, 2.24) is 0 Å². The summed E-state index contributed by atoms with van der Waals surface area (Å²) in [6.07, 6.45) is 1.31. The summed E-state index contributed by atoms with van der Waals surface area (Å²) in [7, 11) is 0. The Bertz CT molecular complexity index is 782. The zero-order valence-corrected chi connectivity index (χ0v) is 13.5. The molecule has 0 heterocycles. The molecule has 118 valence electrons. The van der Waals surface area contributed by atoms with E-state index < -0.39 is 11.7 Å². The van der Waals surface area contributed by atoms with E-state index in [4.69, 9.17) is 11.6 Å². The number of hydrogen-bond acceptors (Lipinski definition) is 2. The third kappa shape index (κ3) is 2.93. The molecule has 1 fully saturated rings. The SMILES string of the molecule is CCc1ccc(-c2ccc(Cl)cc2F)cc1C1C(=O)CCC1=O. The van der Waals surface area contributed by atoms with Gasteiger partial charge in [0, 0.05) is 23.4 Å². The van der Waals surface area contributed by atoms with E-state index in [0.29, 0.717) is 34.6 Å². The lowest BCUT2D eigenvalue weighted by Gasteiger charge is -2.15. The van der Waals surface area contributed by atoms with Crippen LogP contribution in [0.1, 0.15) is 36.8 Å². The minimum absolute atomic E-state index is 0.0431. The van der Waals surface area contributed by atoms with Crippen LogP contribution in [0.25, 0.3) is 11.1 Å². The summed E-state index contributed by atoms with van der Waals surface area (Å²) < 4.78 is 14.2. The maximum absolute atomic E-state index is 14.2. The van der Waals surface area contributed by atoms with Crippen molar-refractivity contribution in [2.75, 3.05) is 0 Å². The average molecular weight is 331 g/mol. The van der Waals surface area contributed by atoms with Gasteiger partial charge in [0.2, 0.25) is 0 Å². The van der Waals surface area contributed by atoms with Crippen molar-refractivity contribution in [1.29, 1.82) is 0 Å². The van der Waals surface area contributed by atoms with Gasteiger partial charge in [-0.1, -0.05) is 30.7 Å². The molecule has 0 aliphatic heterocycles. The van der Waals surface area contributed by atoms with Gasteiger partial charge in [-0.15, -0.1) is 0 Å². The number of carbonyl (C=O) groups is 2. The van der Waals surface area contributed by atoms with E-state index in [1.54, 1.807) is 18.2 Å². The van der Waals surface area contributed by atoms with Gasteiger partial charge in [0.25, 0.3) is 0 Å². The van der Waals surface area contributed by atoms with Crippen LogP contribution < -0.4 is 0 Å². The lowest BCUT2D eigenvalue weighted by molar-refractivity contribution is -0.123. The first-order valence-corrected chi connectivity index (χ1v) is 8.02. The second-order valence-corrected chi connectivity index (χ2v) is 6.19. The second-order valence-electron chi connectivity index (χ2n) is 5.76. The highest BCUT2D eigenvalue weighted by atomic mass is 35.5. The van der Waals surface area contributed by atoms with Crippen LogP contribution >= 0.6 is 11.6 Å². The Kier molecular flexibility index (Phi) is 4.31. The van der Waals surface area contributed by atoms with E-state index in [-0.39, 0.29) is 11.6 Å². The van der Waals surface area contributed by atoms with Crippen LogP contribution in [0.3, 0.4) is 0 Å². The fraction of sp³-hybridized carbons (Fsp3) is 0.263. The molecule has 4 heteroatoms. The summed E-state index contributed by atoms with van der Waals surface area (Å²) in [6.45, 7) is 1.98. The van der Waals surface area contributed by atoms with E-state index in [1.807, 2.05) is 19.1 Å². The Morgan fingerprint density at radius 3 is 2.39 bits per heavy atom. The van der Waals surface area contributed by atoms with Crippen LogP contribution in [-0.2, 0) is 16.0 Å². The van der Waals surface area contributed by atoms with Crippen molar-refractivity contribution < 1.29 is 14.0 Å². The van der Waals surface area contributed by atoms with Crippen molar-refractivity contribution >= 4 is 23.2 Å². The molecule has 0 amide bonds. The van der Waals surface area contributed by atoms with Crippen LogP contribution in [0.5, 0.6) is 0 Å². The molecule has 2 aromatic rings. The van der Waals surface area contributed by atoms with Gasteiger partial charge in [-0.05, 0) is 47.4 Å². The number of benzene rings is 2. The Morgan fingerprint density at radius 1 is 1.09 bits per heavy atom. The Balaban J connectivity index is 2.13. The normalized spacial score (nSPS) is 15.4. The summed E-state index contributed by atoms with van der Waals surface area (Å²) in [5.74, 6) is -1.20. The topological polar surface area (TPSA) is 34.1 Å². The summed E-state index contributed by atoms with van der Waals surface area (Å²) in [4.78, 5) is 24.2. The Hall–Kier alpha value is -2.00. The zero-order valence-electron chi connectivity index (χ0n) is 12.7. The minimum Gasteiger partial charge on any atom is -0.299 e. The van der Waals surface area contributed by atoms with E-state index >= 15 is 0 Å². The van der Waals surface area contributed by atoms with Gasteiger partial charge in [-0.25, -0.2) is 4.39 Å². The van der Waals surface area contributed by atoms with Crippen LogP contribution in [0.15, 0.2) is 36.4 Å². The number of aryl methyl sites for hydroxylation is 1. The Labute approximate surface area is 139 Å². The van der Waals surface area contributed by atoms with Crippen molar-refractivity contribution in [3.05, 3.63) is 58.4 Å². The Morgan fingerprint density at radius 2 is 1.78 bits per heavy atom. The molecule has 1 aliphatic rings. The van der Waals surface area contributed by atoms with Gasteiger partial charge in [-0.3, -0.25) is 9.59 Å². The lowest BCUT2D eigenvalue weighted by Crippen LogP contribution is -2.14. The van der Waals surface area contributed by atoms with Crippen molar-refractivity contribution in [3.8, 4) is 11.1 Å². The summed E-state index contributed by atoms with van der Waals surface area (Å²) >= 11 is 5.80. The molecule has 0 atom stereocenters. The molecule has 1 aliphatic carbocycles. The van der Waals surface area contributed by atoms with Gasteiger partial charge in [0.15, 0.2) is 0 Å². The summed E-state index contributed by atoms with van der Waals surface area (Å²) in [5.41, 5.74) is 2.73. The van der Waals surface area contributed by atoms with Crippen molar-refractivity contribution in [2.45, 2.75) is 32.1 Å². The highest BCUT2D eigenvalue weighted by Crippen LogP contribution is 2.34. The molecule has 0 N–H and O–H groups in total. The first-order valence-electron chi connectivity index (χ1n) is 7.65. The fourth-order valence-corrected chi connectivity index (χ4v) is 3.30. The van der Waals surface area contributed by atoms with Crippen molar-refractivity contribution in [2.24, 2.45) is 0 Å². The summed E-state index contributed by atoms with van der Waals surface area (Å²) in [6, 6.07) is 9.96. The monoisotopic (exact) mass is 330 g/mol. The number of halogens is 2. The van der Waals surface area contributed by atoms with Gasteiger partial charge in [-0.2, -0.15) is 0 Å². The highest BCUT2D eigenvalue weighted by molar-refractivity contribution is 6.30. The molecular formula is C19H16ClFO2. The van der Waals surface area contributed by atoms with Crippen LogP contribution in [-0.4, -0.2) is 11.6 Å². The average Bonchev–Trinajstić information content (AvgIpc) is 2.85. The number of hydrogen-bond donors (Lipinski definition) is 0. The first kappa shape index (κ1) is 15.9. The van der Waals surface area contributed by atoms with Gasteiger partial charge in [0.05, 0.1) is 0 Å². The predicted molar refractivity (Wildman–Crippen MR) is 88.2 cm³/mol. The third-order valence-corrected chi connectivity index (χ3v) is 4.58. The molecule has 2 aromatic carbocycles. The molecule has 0 saturated heterocycles. The van der Waals surface area contributed by atoms with Crippen molar-refractivity contribution in [3.63, 3.8) is 0 Å². The quantitative estimate of drug-likeness (QED) is 0.763. The smallest absolute Gasteiger partial charge is 0.148 e. The van der Waals surface area contributed by atoms with E-state index in [9.17, 15) is 14.0 Å². The molecule has 23 heavy (non-hydrogen) atoms. The van der Waals surface area contributed by atoms with E-state index in [2.05, 4.69) is 0 Å². The highest BCUT2D eigenvalue weighted by Gasteiger charge is 2.35. The number of Topliss-reactive ketones (excluding diaryl/α,β-unsaturated/α-hetero) is 2. The molecule has 0 aromatic heterocycles. The van der Waals surface area contributed by atoms with Crippen LogP contribution in [0.4, 0.5) is 4.39 Å². The molecule has 3 rings (SSSR count). The maximum Gasteiger partial charge on any atom is 0.148 e. The molecule has 0 unspecified atom stereocenters. The molecule has 0 radical (unpaired) electrons. The molecular weight excluding hydrogens is 315 g/mol. The standard InChI is InChI=1S/C19H16ClFO2/c1-2-11-3-4-12(14-6-5-13(20)10-16(14)21)9-15(11)19-17(22)7-8-18(19)23/h3-6,9-10,19H,2,7-8H2,1H3. The molecule has 0 bridgehead atoms. The lowest BCUT2D eigenvalue weighted by atomic mass is 9.87. The van der Waals surface area contributed by atoms with Crippen LogP contribution in [0, 0.1) is 5.82 Å². The van der Waals surface area contributed by atoms with Gasteiger partial charge < -0.3 is 0 Å². The van der Waals surface area contributed by atoms with Gasteiger partial charge in [0.1, 0.15) is 23.3 Å². The predicted octanol–water partition coefficient (Wildman–Crippen LogP) is 4.72. The first-order chi connectivity index (χ1) is 11.0. The maximum atomic E-state index is 14.2. The van der Waals surface area contributed by atoms with Gasteiger partial charge >= 0.3 is 0 Å². The minimum atomic E-state index is -0.694. The largest absolute Gasteiger partial charge is 0.299 e. The fourth-order valence-electron chi connectivity index (χ4n) is 3.14. The van der Waals surface area contributed by atoms with E-state index in [1.165, 1.54) is 6.07 Å². The molecule has 1 saturated carbocycles. The second kappa shape index (κ2) is 6.25. The van der Waals surface area contributed by atoms with Crippen LogP contribution in [0.2, 0.25) is 5.02 Å². The molecule has 0 spiro atoms. The zero-order chi connectivity index (χ0) is 16.6. The third-order valence-electron chi connectivity index (χ3n) is 4.34. The number of carbonyl (C=O) groups excluding carboxylic acids is 2. The number of ketones is 2. The molecule has 2 nitrogen and oxygen atoms in total. The number of rotatable bonds is 3. The van der Waals surface area contributed by atoms with E-state index in [0.717, 1.165) is 12.0 Å².